The second-order valence-electron chi connectivity index (χ2n) is 4.90. The molecule has 0 amide bonds. The van der Waals surface area contributed by atoms with Crippen LogP contribution in [0.5, 0.6) is 0 Å². The van der Waals surface area contributed by atoms with Gasteiger partial charge in [0.1, 0.15) is 5.84 Å². The number of nitrogens with zero attached hydrogens (tertiary/aromatic N) is 2. The fourth-order valence-corrected chi connectivity index (χ4v) is 2.05. The Morgan fingerprint density at radius 2 is 2.00 bits per heavy atom. The van der Waals surface area contributed by atoms with Gasteiger partial charge >= 0.3 is 0 Å². The van der Waals surface area contributed by atoms with E-state index in [1.807, 2.05) is 18.2 Å². The van der Waals surface area contributed by atoms with Crippen LogP contribution in [0, 0.1) is 5.92 Å². The summed E-state index contributed by atoms with van der Waals surface area (Å²) in [4.78, 5) is 2.32. The van der Waals surface area contributed by atoms with E-state index in [2.05, 4.69) is 22.2 Å². The summed E-state index contributed by atoms with van der Waals surface area (Å²) >= 11 is 0. The molecule has 0 unspecified atom stereocenters. The van der Waals surface area contributed by atoms with E-state index in [1.54, 1.807) is 0 Å². The fourth-order valence-electron chi connectivity index (χ4n) is 2.05. The van der Waals surface area contributed by atoms with Gasteiger partial charge in [0.05, 0.1) is 0 Å². The van der Waals surface area contributed by atoms with E-state index in [9.17, 15) is 0 Å². The van der Waals surface area contributed by atoms with E-state index >= 15 is 0 Å². The highest BCUT2D eigenvalue weighted by molar-refractivity contribution is 5.80. The van der Waals surface area contributed by atoms with E-state index in [1.165, 1.54) is 24.9 Å². The van der Waals surface area contributed by atoms with E-state index < -0.39 is 0 Å². The number of para-hydroxylation sites is 1. The van der Waals surface area contributed by atoms with Crippen LogP contribution in [0.2, 0.25) is 0 Å². The van der Waals surface area contributed by atoms with Gasteiger partial charge in [0.25, 0.3) is 0 Å². The van der Waals surface area contributed by atoms with Crippen molar-refractivity contribution in [3.8, 4) is 0 Å². The summed E-state index contributed by atoms with van der Waals surface area (Å²) in [5.41, 5.74) is 6.75. The minimum Gasteiger partial charge on any atom is -0.409 e. The lowest BCUT2D eigenvalue weighted by Gasteiger charge is -2.24. The molecule has 0 saturated heterocycles. The molecule has 0 radical (unpaired) electrons. The van der Waals surface area contributed by atoms with Crippen LogP contribution in [0.4, 0.5) is 5.69 Å². The van der Waals surface area contributed by atoms with Gasteiger partial charge in [0.15, 0.2) is 0 Å². The lowest BCUT2D eigenvalue weighted by molar-refractivity contribution is 0.317. The third-order valence-electron chi connectivity index (χ3n) is 3.39. The number of benzene rings is 1. The predicted octanol–water partition coefficient (Wildman–Crippen LogP) is 2.43. The zero-order chi connectivity index (χ0) is 12.8. The highest BCUT2D eigenvalue weighted by Crippen LogP contribution is 2.32. The molecule has 1 saturated carbocycles. The van der Waals surface area contributed by atoms with Crippen molar-refractivity contribution in [2.45, 2.75) is 25.7 Å². The zero-order valence-electron chi connectivity index (χ0n) is 10.6. The molecule has 0 spiro atoms. The molecule has 3 N–H and O–H groups in total. The Kier molecular flexibility index (Phi) is 4.45. The van der Waals surface area contributed by atoms with Crippen molar-refractivity contribution in [1.29, 1.82) is 0 Å². The summed E-state index contributed by atoms with van der Waals surface area (Å²) in [7, 11) is 0. The second kappa shape index (κ2) is 6.28. The number of oxime groups is 1. The van der Waals surface area contributed by atoms with E-state index in [4.69, 9.17) is 10.9 Å². The Bertz CT molecular complexity index is 387. The van der Waals surface area contributed by atoms with Gasteiger partial charge in [-0.1, -0.05) is 36.2 Å². The second-order valence-corrected chi connectivity index (χ2v) is 4.90. The Morgan fingerprint density at radius 3 is 2.61 bits per heavy atom. The molecule has 1 fully saturated rings. The molecule has 0 bridgehead atoms. The summed E-state index contributed by atoms with van der Waals surface area (Å²) in [6, 6.07) is 10.3. The highest BCUT2D eigenvalue weighted by Gasteiger charge is 2.21. The first-order valence-corrected chi connectivity index (χ1v) is 6.56. The van der Waals surface area contributed by atoms with Crippen LogP contribution < -0.4 is 10.6 Å². The molecule has 1 aliphatic carbocycles. The van der Waals surface area contributed by atoms with Gasteiger partial charge in [-0.3, -0.25) is 0 Å². The van der Waals surface area contributed by atoms with Crippen LogP contribution >= 0.6 is 0 Å². The molecule has 1 aromatic carbocycles. The Morgan fingerprint density at radius 1 is 1.28 bits per heavy atom. The summed E-state index contributed by atoms with van der Waals surface area (Å²) in [6.45, 7) is 1.85. The third-order valence-corrected chi connectivity index (χ3v) is 3.39. The van der Waals surface area contributed by atoms with Crippen molar-refractivity contribution in [2.24, 2.45) is 16.8 Å². The zero-order valence-corrected chi connectivity index (χ0v) is 10.6. The number of hydrogen-bond donors (Lipinski definition) is 2. The number of rotatable bonds is 7. The average Bonchev–Trinajstić information content (AvgIpc) is 3.23. The van der Waals surface area contributed by atoms with Crippen LogP contribution in [-0.4, -0.2) is 24.1 Å². The third kappa shape index (κ3) is 3.95. The molecule has 1 aromatic rings. The van der Waals surface area contributed by atoms with Gasteiger partial charge in [-0.15, -0.1) is 0 Å². The number of nitrogens with two attached hydrogens (primary N) is 1. The van der Waals surface area contributed by atoms with Crippen molar-refractivity contribution in [2.75, 3.05) is 18.0 Å². The van der Waals surface area contributed by atoms with Crippen LogP contribution in [0.25, 0.3) is 0 Å². The summed E-state index contributed by atoms with van der Waals surface area (Å²) in [5, 5.41) is 11.6. The van der Waals surface area contributed by atoms with Gasteiger partial charge in [0.2, 0.25) is 0 Å². The quantitative estimate of drug-likeness (QED) is 0.337. The molecule has 1 aliphatic rings. The SMILES string of the molecule is NC(CCN(CCC1CC1)c1ccccc1)=NO. The van der Waals surface area contributed by atoms with Crippen molar-refractivity contribution >= 4 is 11.5 Å². The normalized spacial score (nSPS) is 15.7. The molecule has 4 heteroatoms. The lowest BCUT2D eigenvalue weighted by Crippen LogP contribution is -2.29. The maximum absolute atomic E-state index is 8.59. The summed E-state index contributed by atoms with van der Waals surface area (Å²) < 4.78 is 0. The summed E-state index contributed by atoms with van der Waals surface area (Å²) in [6.07, 6.45) is 4.59. The number of anilines is 1. The molecule has 0 heterocycles. The van der Waals surface area contributed by atoms with Crippen LogP contribution in [0.3, 0.4) is 0 Å². The van der Waals surface area contributed by atoms with Gasteiger partial charge in [-0.25, -0.2) is 0 Å². The van der Waals surface area contributed by atoms with Gasteiger partial charge in [-0.2, -0.15) is 0 Å². The molecule has 0 aromatic heterocycles. The van der Waals surface area contributed by atoms with Crippen molar-refractivity contribution in [3.63, 3.8) is 0 Å². The van der Waals surface area contributed by atoms with E-state index in [-0.39, 0.29) is 0 Å². The standard InChI is InChI=1S/C14H21N3O/c15-14(16-18)9-11-17(10-8-12-6-7-12)13-4-2-1-3-5-13/h1-5,12,18H,6-11H2,(H2,15,16). The van der Waals surface area contributed by atoms with Crippen LogP contribution in [0.15, 0.2) is 35.5 Å². The lowest BCUT2D eigenvalue weighted by atomic mass is 10.2. The van der Waals surface area contributed by atoms with E-state index in [0.29, 0.717) is 12.3 Å². The van der Waals surface area contributed by atoms with Gasteiger partial charge in [0, 0.05) is 25.2 Å². The predicted molar refractivity (Wildman–Crippen MR) is 74.0 cm³/mol. The van der Waals surface area contributed by atoms with Gasteiger partial charge in [-0.05, 0) is 24.5 Å². The Labute approximate surface area is 108 Å². The monoisotopic (exact) mass is 247 g/mol. The van der Waals surface area contributed by atoms with E-state index in [0.717, 1.165) is 19.0 Å². The molecular formula is C14H21N3O. The largest absolute Gasteiger partial charge is 0.409 e. The number of hydrogen-bond acceptors (Lipinski definition) is 3. The molecule has 4 nitrogen and oxygen atoms in total. The van der Waals surface area contributed by atoms with Crippen molar-refractivity contribution in [1.82, 2.24) is 0 Å². The molecule has 0 aliphatic heterocycles. The van der Waals surface area contributed by atoms with Crippen molar-refractivity contribution < 1.29 is 5.21 Å². The molecule has 18 heavy (non-hydrogen) atoms. The summed E-state index contributed by atoms with van der Waals surface area (Å²) in [5.74, 6) is 1.21. The molecule has 2 rings (SSSR count). The first-order valence-electron chi connectivity index (χ1n) is 6.56. The fraction of sp³-hybridized carbons (Fsp3) is 0.500. The number of amidine groups is 1. The minimum absolute atomic E-state index is 0.294. The Hall–Kier alpha value is -1.71. The molecule has 98 valence electrons. The topological polar surface area (TPSA) is 61.8 Å². The maximum Gasteiger partial charge on any atom is 0.140 e. The first kappa shape index (κ1) is 12.7. The Balaban J connectivity index is 1.92. The highest BCUT2D eigenvalue weighted by atomic mass is 16.4. The average molecular weight is 247 g/mol. The van der Waals surface area contributed by atoms with Gasteiger partial charge < -0.3 is 15.8 Å². The smallest absolute Gasteiger partial charge is 0.140 e. The maximum atomic E-state index is 8.59. The van der Waals surface area contributed by atoms with Crippen LogP contribution in [-0.2, 0) is 0 Å². The molecule has 0 atom stereocenters. The van der Waals surface area contributed by atoms with Crippen LogP contribution in [0.1, 0.15) is 25.7 Å². The molecular weight excluding hydrogens is 226 g/mol. The minimum atomic E-state index is 0.294. The van der Waals surface area contributed by atoms with Crippen molar-refractivity contribution in [3.05, 3.63) is 30.3 Å². The first-order chi connectivity index (χ1) is 8.79.